The third kappa shape index (κ3) is 6.42. The molecule has 2 heterocycles. The monoisotopic (exact) mass is 453 g/mol. The van der Waals surface area contributed by atoms with E-state index in [2.05, 4.69) is 15.5 Å². The van der Waals surface area contributed by atoms with Crippen molar-refractivity contribution in [3.8, 4) is 6.07 Å². The smallest absolute Gasteiger partial charge is 0.379 e. The normalized spacial score (nSPS) is 21.0. The molecule has 1 atom stereocenters. The van der Waals surface area contributed by atoms with Crippen molar-refractivity contribution in [2.75, 3.05) is 57.7 Å². The number of piperazine rings is 1. The molecule has 0 aliphatic carbocycles. The summed E-state index contributed by atoms with van der Waals surface area (Å²) in [6.45, 7) is 7.76. The van der Waals surface area contributed by atoms with Gasteiger partial charge in [-0.3, -0.25) is 9.69 Å². The lowest BCUT2D eigenvalue weighted by Crippen LogP contribution is -2.55. The Morgan fingerprint density at radius 2 is 1.84 bits per heavy atom. The van der Waals surface area contributed by atoms with Gasteiger partial charge >= 0.3 is 6.18 Å². The van der Waals surface area contributed by atoms with E-state index < -0.39 is 28.8 Å². The standard InChI is InChI=1S/C22H30F3N5O2/c1-21(32,15-30-10-8-29(9-11-30)14-16-4-6-27-7-5-16)20(31)28-18-3-2-17(13-26)19(12-18)22(23,24)25/h2-3,12,16,27,32H,4-11,14-15H2,1H3,(H,28,31). The number of β-amino-alcohol motifs (C(OH)–C–C–N with tert-alkyl or cyclic N) is 1. The van der Waals surface area contributed by atoms with Gasteiger partial charge in [0.1, 0.15) is 0 Å². The predicted octanol–water partition coefficient (Wildman–Crippen LogP) is 1.88. The van der Waals surface area contributed by atoms with Gasteiger partial charge in [0.25, 0.3) is 5.91 Å². The molecule has 10 heteroatoms. The number of hydrogen-bond donors (Lipinski definition) is 3. The van der Waals surface area contributed by atoms with E-state index in [1.54, 1.807) is 0 Å². The van der Waals surface area contributed by atoms with Crippen molar-refractivity contribution in [3.63, 3.8) is 0 Å². The Morgan fingerprint density at radius 3 is 2.44 bits per heavy atom. The van der Waals surface area contributed by atoms with E-state index >= 15 is 0 Å². The van der Waals surface area contributed by atoms with Gasteiger partial charge in [-0.1, -0.05) is 0 Å². The molecular formula is C22H30F3N5O2. The van der Waals surface area contributed by atoms with Crippen LogP contribution < -0.4 is 10.6 Å². The quantitative estimate of drug-likeness (QED) is 0.609. The third-order valence-electron chi connectivity index (χ3n) is 6.16. The minimum Gasteiger partial charge on any atom is -0.379 e. The maximum Gasteiger partial charge on any atom is 0.417 e. The molecule has 7 nitrogen and oxygen atoms in total. The average Bonchev–Trinajstić information content (AvgIpc) is 2.75. The summed E-state index contributed by atoms with van der Waals surface area (Å²) in [5.74, 6) is -0.0850. The fourth-order valence-corrected chi connectivity index (χ4v) is 4.29. The van der Waals surface area contributed by atoms with Crippen LogP contribution >= 0.6 is 0 Å². The number of halogens is 3. The molecule has 0 saturated carbocycles. The molecule has 3 N–H and O–H groups in total. The van der Waals surface area contributed by atoms with Crippen molar-refractivity contribution in [1.82, 2.24) is 15.1 Å². The fourth-order valence-electron chi connectivity index (χ4n) is 4.29. The number of nitriles is 1. The molecule has 0 radical (unpaired) electrons. The molecule has 2 saturated heterocycles. The van der Waals surface area contributed by atoms with Gasteiger partial charge in [-0.05, 0) is 57.0 Å². The Kier molecular flexibility index (Phi) is 7.77. The minimum absolute atomic E-state index is 0.0857. The second kappa shape index (κ2) is 10.2. The van der Waals surface area contributed by atoms with Crippen LogP contribution in [0.2, 0.25) is 0 Å². The summed E-state index contributed by atoms with van der Waals surface area (Å²) in [5.41, 5.74) is -3.54. The van der Waals surface area contributed by atoms with E-state index in [0.29, 0.717) is 25.1 Å². The molecule has 0 aromatic heterocycles. The number of nitrogens with one attached hydrogen (secondary N) is 2. The molecule has 1 unspecified atom stereocenters. The summed E-state index contributed by atoms with van der Waals surface area (Å²) in [5, 5.41) is 25.3. The summed E-state index contributed by atoms with van der Waals surface area (Å²) in [4.78, 5) is 17.0. The van der Waals surface area contributed by atoms with Crippen molar-refractivity contribution in [2.24, 2.45) is 5.92 Å². The van der Waals surface area contributed by atoms with Gasteiger partial charge in [-0.25, -0.2) is 0 Å². The number of amides is 1. The van der Waals surface area contributed by atoms with Crippen LogP contribution in [-0.2, 0) is 11.0 Å². The molecular weight excluding hydrogens is 423 g/mol. The van der Waals surface area contributed by atoms with Crippen LogP contribution in [0.4, 0.5) is 18.9 Å². The van der Waals surface area contributed by atoms with Crippen LogP contribution in [0.5, 0.6) is 0 Å². The van der Waals surface area contributed by atoms with E-state index in [1.807, 2.05) is 4.90 Å². The van der Waals surface area contributed by atoms with Gasteiger partial charge in [0, 0.05) is 45.0 Å². The van der Waals surface area contributed by atoms with Gasteiger partial charge in [-0.15, -0.1) is 0 Å². The van der Waals surface area contributed by atoms with E-state index in [1.165, 1.54) is 31.9 Å². The number of carbonyl (C=O) groups excluding carboxylic acids is 1. The first kappa shape index (κ1) is 24.5. The van der Waals surface area contributed by atoms with Gasteiger partial charge in [0.15, 0.2) is 5.60 Å². The lowest BCUT2D eigenvalue weighted by molar-refractivity contribution is -0.138. The zero-order chi connectivity index (χ0) is 23.4. The Labute approximate surface area is 186 Å². The summed E-state index contributed by atoms with van der Waals surface area (Å²) in [6, 6.07) is 4.45. The Morgan fingerprint density at radius 1 is 1.22 bits per heavy atom. The second-order valence-electron chi connectivity index (χ2n) is 8.87. The predicted molar refractivity (Wildman–Crippen MR) is 114 cm³/mol. The zero-order valence-corrected chi connectivity index (χ0v) is 18.2. The summed E-state index contributed by atoms with van der Waals surface area (Å²) in [7, 11) is 0. The maximum absolute atomic E-state index is 13.1. The van der Waals surface area contributed by atoms with Crippen molar-refractivity contribution < 1.29 is 23.1 Å². The number of carbonyl (C=O) groups is 1. The molecule has 176 valence electrons. The summed E-state index contributed by atoms with van der Waals surface area (Å²) >= 11 is 0. The lowest BCUT2D eigenvalue weighted by atomic mass is 9.97. The highest BCUT2D eigenvalue weighted by Gasteiger charge is 2.36. The first-order valence-corrected chi connectivity index (χ1v) is 10.9. The van der Waals surface area contributed by atoms with E-state index in [-0.39, 0.29) is 12.2 Å². The van der Waals surface area contributed by atoms with Gasteiger partial charge < -0.3 is 20.6 Å². The highest BCUT2D eigenvalue weighted by atomic mass is 19.4. The number of benzene rings is 1. The minimum atomic E-state index is -4.72. The van der Waals surface area contributed by atoms with Crippen LogP contribution in [0.15, 0.2) is 18.2 Å². The summed E-state index contributed by atoms with van der Waals surface area (Å²) < 4.78 is 39.4. The Hall–Kier alpha value is -2.19. The average molecular weight is 454 g/mol. The second-order valence-corrected chi connectivity index (χ2v) is 8.87. The Balaban J connectivity index is 1.53. The largest absolute Gasteiger partial charge is 0.417 e. The van der Waals surface area contributed by atoms with Crippen LogP contribution in [0.1, 0.15) is 30.9 Å². The van der Waals surface area contributed by atoms with Crippen LogP contribution in [0.3, 0.4) is 0 Å². The van der Waals surface area contributed by atoms with Gasteiger partial charge in [-0.2, -0.15) is 18.4 Å². The Bertz CT molecular complexity index is 839. The molecule has 1 amide bonds. The van der Waals surface area contributed by atoms with Crippen molar-refractivity contribution in [3.05, 3.63) is 29.3 Å². The number of aliphatic hydroxyl groups is 1. The van der Waals surface area contributed by atoms with Crippen LogP contribution in [-0.4, -0.2) is 78.8 Å². The van der Waals surface area contributed by atoms with E-state index in [9.17, 15) is 23.1 Å². The maximum atomic E-state index is 13.1. The molecule has 0 spiro atoms. The van der Waals surface area contributed by atoms with Gasteiger partial charge in [0.05, 0.1) is 17.2 Å². The summed E-state index contributed by atoms with van der Waals surface area (Å²) in [6.07, 6.45) is -2.36. The molecule has 1 aromatic rings. The molecule has 1 aromatic carbocycles. The lowest BCUT2D eigenvalue weighted by Gasteiger charge is -2.39. The molecule has 32 heavy (non-hydrogen) atoms. The molecule has 0 bridgehead atoms. The molecule has 2 aliphatic rings. The SMILES string of the molecule is CC(O)(CN1CCN(CC2CCNCC2)CC1)C(=O)Nc1ccc(C#N)c(C(F)(F)F)c1. The van der Waals surface area contributed by atoms with E-state index in [4.69, 9.17) is 5.26 Å². The fraction of sp³-hybridized carbons (Fsp3) is 0.636. The molecule has 3 rings (SSSR count). The topological polar surface area (TPSA) is 91.6 Å². The number of piperidine rings is 1. The number of hydrogen-bond acceptors (Lipinski definition) is 6. The third-order valence-corrected chi connectivity index (χ3v) is 6.16. The highest BCUT2D eigenvalue weighted by Crippen LogP contribution is 2.33. The zero-order valence-electron chi connectivity index (χ0n) is 18.2. The van der Waals surface area contributed by atoms with E-state index in [0.717, 1.165) is 38.8 Å². The van der Waals surface area contributed by atoms with Crippen LogP contribution in [0.25, 0.3) is 0 Å². The first-order valence-electron chi connectivity index (χ1n) is 10.9. The number of nitrogens with zero attached hydrogens (tertiary/aromatic N) is 3. The number of alkyl halides is 3. The van der Waals surface area contributed by atoms with Crippen molar-refractivity contribution in [2.45, 2.75) is 31.5 Å². The van der Waals surface area contributed by atoms with Gasteiger partial charge in [0.2, 0.25) is 0 Å². The first-order chi connectivity index (χ1) is 15.1. The molecule has 2 fully saturated rings. The molecule has 2 aliphatic heterocycles. The van der Waals surface area contributed by atoms with Crippen LogP contribution in [0, 0.1) is 17.2 Å². The van der Waals surface area contributed by atoms with Crippen molar-refractivity contribution in [1.29, 1.82) is 5.26 Å². The number of anilines is 1. The number of rotatable bonds is 6. The van der Waals surface area contributed by atoms with Crippen molar-refractivity contribution >= 4 is 11.6 Å². The highest BCUT2D eigenvalue weighted by molar-refractivity contribution is 5.97.